The summed E-state index contributed by atoms with van der Waals surface area (Å²) in [6, 6.07) is 17.5. The summed E-state index contributed by atoms with van der Waals surface area (Å²) >= 11 is 1.36. The van der Waals surface area contributed by atoms with Crippen LogP contribution in [-0.2, 0) is 6.42 Å². The van der Waals surface area contributed by atoms with E-state index in [0.717, 1.165) is 27.4 Å². The molecule has 0 aliphatic heterocycles. The average molecular weight is 374 g/mol. The first-order chi connectivity index (χ1) is 13.1. The van der Waals surface area contributed by atoms with Crippen LogP contribution in [0, 0.1) is 0 Å². The summed E-state index contributed by atoms with van der Waals surface area (Å²) < 4.78 is 4.46. The van der Waals surface area contributed by atoms with Crippen molar-refractivity contribution < 1.29 is 5.11 Å². The van der Waals surface area contributed by atoms with E-state index in [1.54, 1.807) is 19.2 Å². The van der Waals surface area contributed by atoms with Gasteiger partial charge in [-0.3, -0.25) is 0 Å². The monoisotopic (exact) mass is 374 g/mol. The molecule has 0 radical (unpaired) electrons. The van der Waals surface area contributed by atoms with Gasteiger partial charge in [-0.1, -0.05) is 30.3 Å². The van der Waals surface area contributed by atoms with Gasteiger partial charge in [-0.15, -0.1) is 0 Å². The molecule has 134 valence electrons. The van der Waals surface area contributed by atoms with Crippen molar-refractivity contribution in [3.05, 3.63) is 76.4 Å². The first-order valence-electron chi connectivity index (χ1n) is 8.44. The van der Waals surface area contributed by atoms with E-state index in [2.05, 4.69) is 39.2 Å². The molecule has 3 aromatic rings. The molecule has 1 heterocycles. The van der Waals surface area contributed by atoms with E-state index in [-0.39, 0.29) is 5.65 Å². The molecule has 3 rings (SSSR count). The Balaban J connectivity index is 1.85. The van der Waals surface area contributed by atoms with E-state index in [4.69, 9.17) is 0 Å². The number of aliphatic hydroxyl groups excluding tert-OH is 1. The number of benzene rings is 2. The quantitative estimate of drug-likeness (QED) is 0.523. The van der Waals surface area contributed by atoms with Crippen LogP contribution in [-0.4, -0.2) is 34.6 Å². The van der Waals surface area contributed by atoms with Crippen molar-refractivity contribution in [1.29, 1.82) is 0 Å². The first-order valence-corrected chi connectivity index (χ1v) is 9.22. The normalized spacial score (nSPS) is 12.2. The molecule has 0 saturated carbocycles. The molecule has 0 amide bonds. The van der Waals surface area contributed by atoms with Crippen molar-refractivity contribution in [2.45, 2.75) is 13.3 Å². The van der Waals surface area contributed by atoms with Gasteiger partial charge in [-0.25, -0.2) is 0 Å². The number of aromatic nitrogens is 2. The second kappa shape index (κ2) is 8.64. The van der Waals surface area contributed by atoms with Crippen LogP contribution in [0.15, 0.2) is 70.5 Å². The van der Waals surface area contributed by atoms with Gasteiger partial charge in [0.25, 0.3) is 0 Å². The van der Waals surface area contributed by atoms with Crippen LogP contribution in [0.5, 0.6) is 0 Å². The molecular weight excluding hydrogens is 355 g/mol. The fourth-order valence-corrected chi connectivity index (χ4v) is 3.28. The van der Waals surface area contributed by atoms with Crippen molar-refractivity contribution in [2.75, 3.05) is 7.05 Å². The summed E-state index contributed by atoms with van der Waals surface area (Å²) in [4.78, 5) is 4.64. The SMILES string of the molecule is B=C(O)c1ccc(-c2nsc(CC(/N=N\C)=C(/C)c3ccccc3)n2)cc1. The summed E-state index contributed by atoms with van der Waals surface area (Å²) in [6.07, 6.45) is 0.571. The van der Waals surface area contributed by atoms with Gasteiger partial charge >= 0.3 is 126 Å². The van der Waals surface area contributed by atoms with E-state index in [1.165, 1.54) is 11.5 Å². The molecule has 0 bridgehead atoms. The molecule has 1 aromatic heterocycles. The van der Waals surface area contributed by atoms with Crippen LogP contribution in [0.1, 0.15) is 23.1 Å². The average Bonchev–Trinajstić information content (AvgIpc) is 3.16. The summed E-state index contributed by atoms with van der Waals surface area (Å²) in [5, 5.41) is 18.6. The maximum absolute atomic E-state index is 9.44. The zero-order valence-corrected chi connectivity index (χ0v) is 16.1. The number of hydrogen-bond acceptors (Lipinski definition) is 6. The molecule has 0 atom stereocenters. The Bertz CT molecular complexity index is 994. The molecule has 1 N–H and O–H groups in total. The topological polar surface area (TPSA) is 70.7 Å². The zero-order chi connectivity index (χ0) is 19.2. The second-order valence-electron chi connectivity index (χ2n) is 5.95. The molecule has 0 aliphatic carbocycles. The standard InChI is InChI=1S/C20H19BN4OS/c1-13(14-6-4-3-5-7-14)17(24-22-2)12-18-23-20(25-27-18)16-10-8-15(9-11-16)19(21)26/h3-11,21,26H,12H2,1-2H3/b17-13+,24-22-. The molecule has 5 nitrogen and oxygen atoms in total. The molecule has 0 unspecified atom stereocenters. The van der Waals surface area contributed by atoms with Crippen LogP contribution in [0.4, 0.5) is 0 Å². The van der Waals surface area contributed by atoms with Crippen LogP contribution in [0.2, 0.25) is 0 Å². The number of hydrogen-bond donors (Lipinski definition) is 1. The maximum atomic E-state index is 9.44. The van der Waals surface area contributed by atoms with Gasteiger partial charge < -0.3 is 0 Å². The number of nitrogens with zero attached hydrogens (tertiary/aromatic N) is 4. The molecule has 2 aromatic carbocycles. The minimum absolute atomic E-state index is 0.0459. The van der Waals surface area contributed by atoms with E-state index in [0.29, 0.717) is 17.8 Å². The summed E-state index contributed by atoms with van der Waals surface area (Å²) in [7, 11) is 5.19. The fourth-order valence-electron chi connectivity index (χ4n) is 2.62. The Labute approximate surface area is 163 Å². The van der Waals surface area contributed by atoms with Gasteiger partial charge in [0.15, 0.2) is 0 Å². The predicted octanol–water partition coefficient (Wildman–Crippen LogP) is 4.01. The van der Waals surface area contributed by atoms with Gasteiger partial charge in [0.1, 0.15) is 0 Å². The van der Waals surface area contributed by atoms with Gasteiger partial charge in [0.05, 0.1) is 0 Å². The summed E-state index contributed by atoms with van der Waals surface area (Å²) in [5.41, 5.74) is 4.68. The van der Waals surface area contributed by atoms with Gasteiger partial charge in [-0.2, -0.15) is 0 Å². The molecule has 0 aliphatic rings. The summed E-state index contributed by atoms with van der Waals surface area (Å²) in [5.74, 6) is 0.662. The number of allylic oxidation sites excluding steroid dienone is 2. The van der Waals surface area contributed by atoms with Crippen molar-refractivity contribution in [3.63, 3.8) is 0 Å². The van der Waals surface area contributed by atoms with Crippen molar-refractivity contribution in [3.8, 4) is 11.4 Å². The molecular formula is C20H19BN4OS. The number of azo groups is 1. The fraction of sp³-hybridized carbons (Fsp3) is 0.150. The molecule has 0 fully saturated rings. The third kappa shape index (κ3) is 4.62. The van der Waals surface area contributed by atoms with E-state index in [1.807, 2.05) is 37.3 Å². The van der Waals surface area contributed by atoms with Gasteiger partial charge in [0.2, 0.25) is 0 Å². The second-order valence-corrected chi connectivity index (χ2v) is 6.79. The predicted molar refractivity (Wildman–Crippen MR) is 112 cm³/mol. The van der Waals surface area contributed by atoms with E-state index < -0.39 is 0 Å². The molecule has 0 saturated heterocycles. The van der Waals surface area contributed by atoms with Crippen LogP contribution < -0.4 is 0 Å². The Kier molecular flexibility index (Phi) is 6.03. The van der Waals surface area contributed by atoms with Crippen molar-refractivity contribution >= 4 is 30.2 Å². The molecule has 7 heteroatoms. The Morgan fingerprint density at radius 3 is 2.41 bits per heavy atom. The van der Waals surface area contributed by atoms with Crippen molar-refractivity contribution in [1.82, 2.24) is 9.36 Å². The van der Waals surface area contributed by atoms with Crippen LogP contribution in [0.3, 0.4) is 0 Å². The third-order valence-electron chi connectivity index (χ3n) is 4.12. The van der Waals surface area contributed by atoms with Crippen LogP contribution >= 0.6 is 11.5 Å². The number of rotatable bonds is 6. The zero-order valence-electron chi connectivity index (χ0n) is 15.3. The first kappa shape index (κ1) is 18.9. The Hall–Kier alpha value is -2.93. The van der Waals surface area contributed by atoms with E-state index in [9.17, 15) is 5.11 Å². The molecule has 27 heavy (non-hydrogen) atoms. The third-order valence-corrected chi connectivity index (χ3v) is 4.83. The summed E-state index contributed by atoms with van der Waals surface area (Å²) in [6.45, 7) is 2.04. The van der Waals surface area contributed by atoms with E-state index >= 15 is 0 Å². The van der Waals surface area contributed by atoms with Gasteiger partial charge in [-0.05, 0) is 0 Å². The molecule has 0 spiro atoms. The minimum atomic E-state index is 0.0459. The Morgan fingerprint density at radius 1 is 1.07 bits per heavy atom. The van der Waals surface area contributed by atoms with Crippen molar-refractivity contribution in [2.24, 2.45) is 10.2 Å². The number of aliphatic hydroxyl groups is 1. The Morgan fingerprint density at radius 2 is 1.78 bits per heavy atom. The van der Waals surface area contributed by atoms with Gasteiger partial charge in [0, 0.05) is 7.05 Å². The van der Waals surface area contributed by atoms with Crippen LogP contribution in [0.25, 0.3) is 17.0 Å².